The van der Waals surface area contributed by atoms with Crippen molar-refractivity contribution in [1.82, 2.24) is 4.90 Å². The summed E-state index contributed by atoms with van der Waals surface area (Å²) < 4.78 is 59.4. The molecule has 6 rings (SSSR count). The number of benzene rings is 3. The van der Waals surface area contributed by atoms with Crippen LogP contribution in [0.1, 0.15) is 47.4 Å². The van der Waals surface area contributed by atoms with Gasteiger partial charge in [-0.2, -0.15) is 13.2 Å². The number of nitrogens with zero attached hydrogens (tertiary/aromatic N) is 1. The van der Waals surface area contributed by atoms with Crippen molar-refractivity contribution in [3.63, 3.8) is 0 Å². The lowest BCUT2D eigenvalue weighted by atomic mass is 9.93. The second-order valence-electron chi connectivity index (χ2n) is 9.63. The first-order valence-electron chi connectivity index (χ1n) is 12.0. The quantitative estimate of drug-likeness (QED) is 0.356. The van der Waals surface area contributed by atoms with E-state index in [1.54, 1.807) is 11.0 Å². The van der Waals surface area contributed by atoms with Crippen LogP contribution in [0, 0.1) is 5.82 Å². The second kappa shape index (κ2) is 8.50. The third-order valence-corrected chi connectivity index (χ3v) is 7.54. The minimum Gasteiger partial charge on any atom is -0.448 e. The van der Waals surface area contributed by atoms with Crippen molar-refractivity contribution >= 4 is 11.7 Å². The number of ether oxygens (including phenoxy) is 1. The second-order valence-corrected chi connectivity index (χ2v) is 9.63. The molecule has 0 N–H and O–H groups in total. The van der Waals surface area contributed by atoms with E-state index in [1.165, 1.54) is 0 Å². The van der Waals surface area contributed by atoms with Crippen LogP contribution in [0.15, 0.2) is 72.8 Å². The maximum Gasteiger partial charge on any atom is 0.416 e. The van der Waals surface area contributed by atoms with Gasteiger partial charge in [-0.05, 0) is 70.9 Å². The average Bonchev–Trinajstić information content (AvgIpc) is 3.32. The predicted molar refractivity (Wildman–Crippen MR) is 128 cm³/mol. The van der Waals surface area contributed by atoms with Gasteiger partial charge in [0.05, 0.1) is 11.6 Å². The summed E-state index contributed by atoms with van der Waals surface area (Å²) in [6.45, 7) is 0.207. The zero-order valence-corrected chi connectivity index (χ0v) is 19.3. The summed E-state index contributed by atoms with van der Waals surface area (Å²) >= 11 is 0. The molecule has 1 amide bonds. The van der Waals surface area contributed by atoms with Gasteiger partial charge in [0, 0.05) is 12.0 Å². The highest BCUT2D eigenvalue weighted by Crippen LogP contribution is 2.45. The summed E-state index contributed by atoms with van der Waals surface area (Å²) in [6, 6.07) is 18.4. The number of halogens is 4. The molecule has 3 aliphatic rings. The van der Waals surface area contributed by atoms with E-state index >= 15 is 0 Å². The van der Waals surface area contributed by atoms with E-state index in [1.807, 2.05) is 24.3 Å². The molecule has 3 aromatic carbocycles. The molecule has 2 aliphatic heterocycles. The topological polar surface area (TPSA) is 29.5 Å². The van der Waals surface area contributed by atoms with E-state index in [2.05, 4.69) is 24.3 Å². The number of hydrogen-bond acceptors (Lipinski definition) is 2. The first-order chi connectivity index (χ1) is 17.3. The van der Waals surface area contributed by atoms with E-state index in [4.69, 9.17) is 4.74 Å². The summed E-state index contributed by atoms with van der Waals surface area (Å²) in [5, 5.41) is 0. The third-order valence-electron chi connectivity index (χ3n) is 7.54. The standard InChI is InChI=1S/C29H23F4NO2/c30-20-12-17(11-19(15-20)29(31,32)33)18-13-21-9-10-22(14-18)34(21)28(35)36-16-27-25-7-3-1-5-23(25)24-6-2-4-8-26(24)27/h1-8,11-13,15,21-22,27H,9-10,14,16H2. The molecule has 7 heteroatoms. The summed E-state index contributed by atoms with van der Waals surface area (Å²) in [7, 11) is 0. The number of hydrogen-bond donors (Lipinski definition) is 0. The van der Waals surface area contributed by atoms with Crippen molar-refractivity contribution in [3.05, 3.63) is 101 Å². The van der Waals surface area contributed by atoms with Gasteiger partial charge < -0.3 is 4.74 Å². The van der Waals surface area contributed by atoms with Gasteiger partial charge in [0.15, 0.2) is 0 Å². The molecular formula is C29H23F4NO2. The fourth-order valence-electron chi connectivity index (χ4n) is 5.94. The number of carbonyl (C=O) groups excluding carboxylic acids is 1. The van der Waals surface area contributed by atoms with Gasteiger partial charge in [0.25, 0.3) is 0 Å². The highest BCUT2D eigenvalue weighted by atomic mass is 19.4. The minimum atomic E-state index is -4.63. The van der Waals surface area contributed by atoms with Crippen molar-refractivity contribution in [2.75, 3.05) is 6.61 Å². The molecule has 3 nitrogen and oxygen atoms in total. The molecule has 1 fully saturated rings. The third kappa shape index (κ3) is 3.87. The molecule has 1 saturated heterocycles. The lowest BCUT2D eigenvalue weighted by Crippen LogP contribution is -2.43. The Bertz CT molecular complexity index is 1330. The highest BCUT2D eigenvalue weighted by Gasteiger charge is 2.42. The lowest BCUT2D eigenvalue weighted by molar-refractivity contribution is -0.137. The highest BCUT2D eigenvalue weighted by molar-refractivity contribution is 5.79. The van der Waals surface area contributed by atoms with Crippen molar-refractivity contribution < 1.29 is 27.1 Å². The van der Waals surface area contributed by atoms with Gasteiger partial charge in [-0.15, -0.1) is 0 Å². The maximum absolute atomic E-state index is 14.0. The van der Waals surface area contributed by atoms with Crippen LogP contribution in [0.5, 0.6) is 0 Å². The largest absolute Gasteiger partial charge is 0.448 e. The summed E-state index contributed by atoms with van der Waals surface area (Å²) in [6.07, 6.45) is -1.48. The Kier molecular flexibility index (Phi) is 5.39. The summed E-state index contributed by atoms with van der Waals surface area (Å²) in [5.74, 6) is -0.977. The maximum atomic E-state index is 14.0. The van der Waals surface area contributed by atoms with Gasteiger partial charge in [0.2, 0.25) is 0 Å². The van der Waals surface area contributed by atoms with E-state index in [0.717, 1.165) is 40.8 Å². The molecule has 1 aliphatic carbocycles. The van der Waals surface area contributed by atoms with Gasteiger partial charge in [0.1, 0.15) is 12.4 Å². The molecule has 184 valence electrons. The SMILES string of the molecule is O=C(OCC1c2ccccc2-c2ccccc21)N1C2C=C(c3cc(F)cc(C(F)(F)F)c3)CC1CC2. The molecule has 36 heavy (non-hydrogen) atoms. The minimum absolute atomic E-state index is 0.0528. The Morgan fingerprint density at radius 2 is 1.61 bits per heavy atom. The van der Waals surface area contributed by atoms with Crippen LogP contribution in [0.25, 0.3) is 16.7 Å². The van der Waals surface area contributed by atoms with Crippen LogP contribution < -0.4 is 0 Å². The van der Waals surface area contributed by atoms with Crippen LogP contribution in [-0.4, -0.2) is 29.7 Å². The first-order valence-corrected chi connectivity index (χ1v) is 12.0. The fraction of sp³-hybridized carbons (Fsp3) is 0.276. The van der Waals surface area contributed by atoms with Crippen LogP contribution in [0.4, 0.5) is 22.4 Å². The fourth-order valence-corrected chi connectivity index (χ4v) is 5.94. The number of fused-ring (bicyclic) bond motifs is 5. The van der Waals surface area contributed by atoms with E-state index < -0.39 is 23.7 Å². The van der Waals surface area contributed by atoms with Crippen molar-refractivity contribution in [2.24, 2.45) is 0 Å². The van der Waals surface area contributed by atoms with Crippen molar-refractivity contribution in [1.29, 1.82) is 0 Å². The zero-order chi connectivity index (χ0) is 25.0. The number of alkyl halides is 3. The van der Waals surface area contributed by atoms with Gasteiger partial charge in [-0.25, -0.2) is 9.18 Å². The number of rotatable bonds is 3. The summed E-state index contributed by atoms with van der Waals surface area (Å²) in [5.41, 5.74) is 4.39. The number of amides is 1. The van der Waals surface area contributed by atoms with E-state index in [-0.39, 0.29) is 30.2 Å². The van der Waals surface area contributed by atoms with Gasteiger partial charge >= 0.3 is 12.3 Å². The zero-order valence-electron chi connectivity index (χ0n) is 19.3. The van der Waals surface area contributed by atoms with Crippen LogP contribution in [0.2, 0.25) is 0 Å². The van der Waals surface area contributed by atoms with Crippen LogP contribution in [0.3, 0.4) is 0 Å². The Hall–Kier alpha value is -3.61. The molecule has 2 bridgehead atoms. The molecule has 3 aromatic rings. The van der Waals surface area contributed by atoms with E-state index in [9.17, 15) is 22.4 Å². The normalized spacial score (nSPS) is 20.7. The Morgan fingerprint density at radius 1 is 0.944 bits per heavy atom. The van der Waals surface area contributed by atoms with Gasteiger partial charge in [-0.1, -0.05) is 54.6 Å². The van der Waals surface area contributed by atoms with E-state index in [0.29, 0.717) is 24.5 Å². The van der Waals surface area contributed by atoms with Gasteiger partial charge in [-0.3, -0.25) is 4.90 Å². The monoisotopic (exact) mass is 493 g/mol. The summed E-state index contributed by atoms with van der Waals surface area (Å²) in [4.78, 5) is 14.9. The molecule has 2 unspecified atom stereocenters. The molecule has 0 spiro atoms. The lowest BCUT2D eigenvalue weighted by Gasteiger charge is -2.33. The predicted octanol–water partition coefficient (Wildman–Crippen LogP) is 7.41. The van der Waals surface area contributed by atoms with Crippen molar-refractivity contribution in [3.8, 4) is 11.1 Å². The molecular weight excluding hydrogens is 470 g/mol. The molecule has 0 saturated carbocycles. The number of carbonyl (C=O) groups is 1. The first kappa shape index (κ1) is 22.8. The molecule has 2 atom stereocenters. The molecule has 0 aromatic heterocycles. The smallest absolute Gasteiger partial charge is 0.416 e. The Morgan fingerprint density at radius 3 is 2.25 bits per heavy atom. The van der Waals surface area contributed by atoms with Crippen LogP contribution >= 0.6 is 0 Å². The Labute approximate surface area is 206 Å². The molecule has 2 heterocycles. The van der Waals surface area contributed by atoms with Crippen molar-refractivity contribution in [2.45, 2.75) is 43.4 Å². The molecule has 0 radical (unpaired) electrons. The Balaban J connectivity index is 1.21. The average molecular weight is 494 g/mol. The van der Waals surface area contributed by atoms with Crippen LogP contribution in [-0.2, 0) is 10.9 Å².